The maximum Gasteiger partial charge on any atom is 0.573 e. The van der Waals surface area contributed by atoms with E-state index < -0.39 is 12.7 Å². The number of carbonyl (C=O) groups excluding carboxylic acids is 1. The van der Waals surface area contributed by atoms with Crippen LogP contribution in [0.4, 0.5) is 31.1 Å². The first kappa shape index (κ1) is 26.0. The minimum absolute atomic E-state index is 0.0326. The number of halogens is 6. The van der Waals surface area contributed by atoms with Crippen LogP contribution in [0.25, 0.3) is 0 Å². The lowest BCUT2D eigenvalue weighted by atomic mass is 9.89. The van der Waals surface area contributed by atoms with Gasteiger partial charge in [-0.1, -0.05) is 24.3 Å². The number of carbonyl (C=O) groups is 1. The lowest BCUT2D eigenvalue weighted by Gasteiger charge is -2.39. The number of ether oxygens (including phenoxy) is 2. The van der Waals surface area contributed by atoms with Gasteiger partial charge in [0, 0.05) is 26.2 Å². The largest absolute Gasteiger partial charge is 0.573 e. The Kier molecular flexibility index (Phi) is 7.56. The van der Waals surface area contributed by atoms with Gasteiger partial charge in [0.05, 0.1) is 0 Å². The van der Waals surface area contributed by atoms with Crippen LogP contribution >= 0.6 is 0 Å². The summed E-state index contributed by atoms with van der Waals surface area (Å²) < 4.78 is 81.9. The number of rotatable bonds is 4. The first-order valence-electron chi connectivity index (χ1n) is 11.7. The van der Waals surface area contributed by atoms with Crippen molar-refractivity contribution in [3.8, 4) is 11.5 Å². The highest BCUT2D eigenvalue weighted by Crippen LogP contribution is 2.33. The van der Waals surface area contributed by atoms with E-state index >= 15 is 0 Å². The second-order valence-corrected chi connectivity index (χ2v) is 9.04. The number of amides is 2. The number of hydrogen-bond acceptors (Lipinski definition) is 3. The molecule has 0 unspecified atom stereocenters. The highest BCUT2D eigenvalue weighted by atomic mass is 19.4. The SMILES string of the molecule is O=C(N1CCC(c2ccc(OC(F)(F)F)cc2)CC1)N1CCC(c2ccc(OC(F)(F)F)cc2)CC1. The summed E-state index contributed by atoms with van der Waals surface area (Å²) in [5.41, 5.74) is 1.84. The molecule has 5 nitrogen and oxygen atoms in total. The molecule has 2 amide bonds. The molecule has 2 aliphatic heterocycles. The van der Waals surface area contributed by atoms with Crippen LogP contribution in [-0.2, 0) is 0 Å². The highest BCUT2D eigenvalue weighted by Gasteiger charge is 2.33. The van der Waals surface area contributed by atoms with E-state index in [-0.39, 0.29) is 29.4 Å². The molecule has 2 saturated heterocycles. The maximum absolute atomic E-state index is 13.0. The number of likely N-dealkylation sites (tertiary alicyclic amines) is 2. The monoisotopic (exact) mass is 516 g/mol. The van der Waals surface area contributed by atoms with E-state index in [9.17, 15) is 31.1 Å². The lowest BCUT2D eigenvalue weighted by molar-refractivity contribution is -0.275. The molecule has 4 rings (SSSR count). The molecule has 36 heavy (non-hydrogen) atoms. The van der Waals surface area contributed by atoms with Gasteiger partial charge in [-0.3, -0.25) is 0 Å². The van der Waals surface area contributed by atoms with Crippen LogP contribution in [0.2, 0.25) is 0 Å². The van der Waals surface area contributed by atoms with E-state index in [4.69, 9.17) is 0 Å². The van der Waals surface area contributed by atoms with Crippen LogP contribution in [0.3, 0.4) is 0 Å². The van der Waals surface area contributed by atoms with Gasteiger partial charge in [-0.25, -0.2) is 4.79 Å². The summed E-state index contributed by atoms with van der Waals surface area (Å²) in [4.78, 5) is 16.6. The summed E-state index contributed by atoms with van der Waals surface area (Å²) in [6.45, 7) is 2.24. The molecule has 0 radical (unpaired) electrons. The Balaban J connectivity index is 1.23. The Hall–Kier alpha value is -3.11. The van der Waals surface area contributed by atoms with Crippen molar-refractivity contribution in [2.45, 2.75) is 50.2 Å². The van der Waals surface area contributed by atoms with Crippen LogP contribution in [0.15, 0.2) is 48.5 Å². The molecule has 2 fully saturated rings. The van der Waals surface area contributed by atoms with E-state index in [1.807, 2.05) is 0 Å². The Bertz CT molecular complexity index is 927. The lowest BCUT2D eigenvalue weighted by Crippen LogP contribution is -2.48. The zero-order valence-corrected chi connectivity index (χ0v) is 19.3. The third kappa shape index (κ3) is 6.98. The second-order valence-electron chi connectivity index (χ2n) is 9.04. The predicted octanol–water partition coefficient (Wildman–Crippen LogP) is 6.66. The van der Waals surface area contributed by atoms with Crippen molar-refractivity contribution >= 4 is 6.03 Å². The molecule has 0 aliphatic carbocycles. The van der Waals surface area contributed by atoms with Gasteiger partial charge in [-0.05, 0) is 72.9 Å². The van der Waals surface area contributed by atoms with E-state index in [0.717, 1.165) is 11.1 Å². The van der Waals surface area contributed by atoms with E-state index in [1.165, 1.54) is 24.3 Å². The average molecular weight is 516 g/mol. The van der Waals surface area contributed by atoms with Gasteiger partial charge < -0.3 is 19.3 Å². The third-order valence-corrected chi connectivity index (χ3v) is 6.70. The van der Waals surface area contributed by atoms with Gasteiger partial charge in [0.1, 0.15) is 11.5 Å². The topological polar surface area (TPSA) is 42.0 Å². The highest BCUT2D eigenvalue weighted by molar-refractivity contribution is 5.74. The van der Waals surface area contributed by atoms with Crippen LogP contribution in [-0.4, -0.2) is 54.7 Å². The molecule has 2 aliphatic rings. The fourth-order valence-electron chi connectivity index (χ4n) is 4.89. The zero-order valence-electron chi connectivity index (χ0n) is 19.3. The fourth-order valence-corrected chi connectivity index (χ4v) is 4.89. The Morgan fingerprint density at radius 1 is 0.611 bits per heavy atom. The number of nitrogens with zero attached hydrogens (tertiary/aromatic N) is 2. The number of hydrogen-bond donors (Lipinski definition) is 0. The summed E-state index contributed by atoms with van der Waals surface area (Å²) >= 11 is 0. The van der Waals surface area contributed by atoms with Crippen molar-refractivity contribution in [3.63, 3.8) is 0 Å². The van der Waals surface area contributed by atoms with Crippen molar-refractivity contribution in [1.29, 1.82) is 0 Å². The van der Waals surface area contributed by atoms with Gasteiger partial charge >= 0.3 is 18.8 Å². The van der Waals surface area contributed by atoms with Crippen molar-refractivity contribution < 1.29 is 40.6 Å². The summed E-state index contributed by atoms with van der Waals surface area (Å²) in [5, 5.41) is 0. The first-order valence-corrected chi connectivity index (χ1v) is 11.7. The molecule has 0 saturated carbocycles. The van der Waals surface area contributed by atoms with Crippen LogP contribution in [0.1, 0.15) is 48.6 Å². The second kappa shape index (κ2) is 10.5. The number of benzene rings is 2. The van der Waals surface area contributed by atoms with E-state index in [2.05, 4.69) is 9.47 Å². The number of urea groups is 1. The molecule has 2 heterocycles. The third-order valence-electron chi connectivity index (χ3n) is 6.70. The van der Waals surface area contributed by atoms with Gasteiger partial charge in [-0.2, -0.15) is 0 Å². The minimum atomic E-state index is -4.72. The molecule has 0 N–H and O–H groups in total. The molecule has 2 aromatic rings. The van der Waals surface area contributed by atoms with Gasteiger partial charge in [0.15, 0.2) is 0 Å². The predicted molar refractivity (Wildman–Crippen MR) is 119 cm³/mol. The molecule has 196 valence electrons. The molecular formula is C25H26F6N2O3. The van der Waals surface area contributed by atoms with Crippen molar-refractivity contribution in [3.05, 3.63) is 59.7 Å². The minimum Gasteiger partial charge on any atom is -0.406 e. The van der Waals surface area contributed by atoms with Crippen molar-refractivity contribution in [2.75, 3.05) is 26.2 Å². The standard InChI is InChI=1S/C25H26F6N2O3/c26-24(27,28)35-21-5-1-17(2-6-21)19-9-13-32(14-10-19)23(34)33-15-11-20(12-16-33)18-3-7-22(8-4-18)36-25(29,30)31/h1-8,19-20H,9-16H2. The molecule has 0 bridgehead atoms. The maximum atomic E-state index is 13.0. The Morgan fingerprint density at radius 3 is 1.19 bits per heavy atom. The molecule has 2 aromatic carbocycles. The summed E-state index contributed by atoms with van der Waals surface area (Å²) in [5.74, 6) is -0.200. The molecule has 0 spiro atoms. The number of alkyl halides is 6. The summed E-state index contributed by atoms with van der Waals surface area (Å²) in [6, 6.07) is 11.7. The van der Waals surface area contributed by atoms with Gasteiger partial charge in [-0.15, -0.1) is 26.3 Å². The van der Waals surface area contributed by atoms with Gasteiger partial charge in [0.25, 0.3) is 0 Å². The average Bonchev–Trinajstić information content (AvgIpc) is 2.83. The van der Waals surface area contributed by atoms with Crippen molar-refractivity contribution in [1.82, 2.24) is 9.80 Å². The fraction of sp³-hybridized carbons (Fsp3) is 0.480. The Morgan fingerprint density at radius 2 is 0.917 bits per heavy atom. The summed E-state index contributed by atoms with van der Waals surface area (Å²) in [6.07, 6.45) is -6.58. The number of piperidine rings is 2. The molecule has 11 heteroatoms. The quantitative estimate of drug-likeness (QED) is 0.427. The van der Waals surface area contributed by atoms with Crippen molar-refractivity contribution in [2.24, 2.45) is 0 Å². The molecule has 0 aromatic heterocycles. The van der Waals surface area contributed by atoms with Crippen LogP contribution in [0, 0.1) is 0 Å². The first-order chi connectivity index (χ1) is 17.0. The molecular weight excluding hydrogens is 490 g/mol. The Labute approximate surface area is 204 Å². The van der Waals surface area contributed by atoms with E-state index in [1.54, 1.807) is 34.1 Å². The zero-order chi connectivity index (χ0) is 25.9. The van der Waals surface area contributed by atoms with E-state index in [0.29, 0.717) is 51.9 Å². The molecule has 0 atom stereocenters. The van der Waals surface area contributed by atoms with Crippen LogP contribution in [0.5, 0.6) is 11.5 Å². The van der Waals surface area contributed by atoms with Gasteiger partial charge in [0.2, 0.25) is 0 Å². The van der Waals surface area contributed by atoms with Crippen LogP contribution < -0.4 is 9.47 Å². The summed E-state index contributed by atoms with van der Waals surface area (Å²) in [7, 11) is 0. The smallest absolute Gasteiger partial charge is 0.406 e. The normalized spacial score (nSPS) is 18.3.